The van der Waals surface area contributed by atoms with E-state index >= 15 is 0 Å². The van der Waals surface area contributed by atoms with Crippen molar-refractivity contribution in [2.45, 2.75) is 32.2 Å². The van der Waals surface area contributed by atoms with Gasteiger partial charge in [-0.2, -0.15) is 0 Å². The van der Waals surface area contributed by atoms with Crippen molar-refractivity contribution < 1.29 is 14.4 Å². The quantitative estimate of drug-likeness (QED) is 0.848. The van der Waals surface area contributed by atoms with Crippen molar-refractivity contribution in [2.24, 2.45) is 0 Å². The first-order chi connectivity index (χ1) is 10.6. The van der Waals surface area contributed by atoms with Crippen LogP contribution in [0.25, 0.3) is 0 Å². The highest BCUT2D eigenvalue weighted by atomic mass is 32.1. The van der Waals surface area contributed by atoms with E-state index in [1.54, 1.807) is 29.3 Å². The number of carbonyl (C=O) groups is 3. The minimum Gasteiger partial charge on any atom is -0.343 e. The number of likely N-dealkylation sites (tertiary alicyclic amines) is 1. The Bertz CT molecular complexity index is 524. The third kappa shape index (κ3) is 4.56. The highest BCUT2D eigenvalue weighted by Gasteiger charge is 2.23. The Morgan fingerprint density at radius 3 is 2.64 bits per heavy atom. The van der Waals surface area contributed by atoms with Gasteiger partial charge in [-0.25, -0.2) is 0 Å². The summed E-state index contributed by atoms with van der Waals surface area (Å²) in [6, 6.07) is 2.91. The molecule has 1 aliphatic heterocycles. The molecule has 0 radical (unpaired) electrons. The van der Waals surface area contributed by atoms with Crippen LogP contribution in [-0.4, -0.2) is 48.3 Å². The van der Waals surface area contributed by atoms with E-state index in [-0.39, 0.29) is 24.3 Å². The van der Waals surface area contributed by atoms with Crippen LogP contribution in [0.3, 0.4) is 0 Å². The molecule has 1 saturated heterocycles. The van der Waals surface area contributed by atoms with E-state index in [4.69, 9.17) is 0 Å². The van der Waals surface area contributed by atoms with Crippen molar-refractivity contribution in [1.82, 2.24) is 15.5 Å². The SMILES string of the molecule is CC(NC(=O)CNC(=O)c1cccs1)C(=O)N1CCCCC1. The van der Waals surface area contributed by atoms with Gasteiger partial charge in [0.25, 0.3) is 5.91 Å². The average Bonchev–Trinajstić information content (AvgIpc) is 3.07. The number of nitrogens with zero attached hydrogens (tertiary/aromatic N) is 1. The van der Waals surface area contributed by atoms with Gasteiger partial charge < -0.3 is 15.5 Å². The normalized spacial score (nSPS) is 16.0. The lowest BCUT2D eigenvalue weighted by molar-refractivity contribution is -0.136. The van der Waals surface area contributed by atoms with Gasteiger partial charge in [0.1, 0.15) is 6.04 Å². The van der Waals surface area contributed by atoms with Crippen molar-refractivity contribution in [3.63, 3.8) is 0 Å². The summed E-state index contributed by atoms with van der Waals surface area (Å²) in [5.41, 5.74) is 0. The maximum atomic E-state index is 12.2. The Morgan fingerprint density at radius 2 is 2.00 bits per heavy atom. The highest BCUT2D eigenvalue weighted by molar-refractivity contribution is 7.12. The lowest BCUT2D eigenvalue weighted by Crippen LogP contribution is -2.50. The van der Waals surface area contributed by atoms with Crippen molar-refractivity contribution in [3.05, 3.63) is 22.4 Å². The molecule has 2 rings (SSSR count). The molecule has 0 bridgehead atoms. The van der Waals surface area contributed by atoms with Crippen LogP contribution in [0.4, 0.5) is 0 Å². The summed E-state index contributed by atoms with van der Waals surface area (Å²) >= 11 is 1.32. The second kappa shape index (κ2) is 7.93. The molecule has 3 amide bonds. The predicted molar refractivity (Wildman–Crippen MR) is 84.7 cm³/mol. The Hall–Kier alpha value is -1.89. The van der Waals surface area contributed by atoms with Crippen molar-refractivity contribution in [1.29, 1.82) is 0 Å². The summed E-state index contributed by atoms with van der Waals surface area (Å²) in [4.78, 5) is 38.1. The maximum absolute atomic E-state index is 12.2. The number of amides is 3. The fraction of sp³-hybridized carbons (Fsp3) is 0.533. The molecule has 22 heavy (non-hydrogen) atoms. The largest absolute Gasteiger partial charge is 0.343 e. The van der Waals surface area contributed by atoms with E-state index < -0.39 is 6.04 Å². The molecular weight excluding hydrogens is 302 g/mol. The zero-order chi connectivity index (χ0) is 15.9. The van der Waals surface area contributed by atoms with Gasteiger partial charge >= 0.3 is 0 Å². The lowest BCUT2D eigenvalue weighted by atomic mass is 10.1. The molecular formula is C15H21N3O3S. The number of piperidine rings is 1. The summed E-state index contributed by atoms with van der Waals surface area (Å²) in [6.07, 6.45) is 3.19. The molecule has 6 nitrogen and oxygen atoms in total. The molecule has 0 saturated carbocycles. The molecule has 0 spiro atoms. The van der Waals surface area contributed by atoms with Gasteiger partial charge in [-0.3, -0.25) is 14.4 Å². The van der Waals surface area contributed by atoms with Gasteiger partial charge in [0, 0.05) is 13.1 Å². The van der Waals surface area contributed by atoms with Gasteiger partial charge in [-0.05, 0) is 37.6 Å². The molecule has 7 heteroatoms. The lowest BCUT2D eigenvalue weighted by Gasteiger charge is -2.29. The molecule has 1 aromatic rings. The zero-order valence-corrected chi connectivity index (χ0v) is 13.4. The number of hydrogen-bond acceptors (Lipinski definition) is 4. The molecule has 1 unspecified atom stereocenters. The van der Waals surface area contributed by atoms with E-state index in [9.17, 15) is 14.4 Å². The van der Waals surface area contributed by atoms with Crippen LogP contribution >= 0.6 is 11.3 Å². The Kier molecular flexibility index (Phi) is 5.94. The second-order valence-corrected chi connectivity index (χ2v) is 6.28. The molecule has 120 valence electrons. The first kappa shape index (κ1) is 16.5. The molecule has 2 heterocycles. The summed E-state index contributed by atoms with van der Waals surface area (Å²) in [5.74, 6) is -0.694. The van der Waals surface area contributed by atoms with Crippen LogP contribution in [0.15, 0.2) is 17.5 Å². The summed E-state index contributed by atoms with van der Waals surface area (Å²) in [7, 11) is 0. The predicted octanol–water partition coefficient (Wildman–Crippen LogP) is 0.995. The van der Waals surface area contributed by atoms with Gasteiger partial charge in [-0.1, -0.05) is 6.07 Å². The van der Waals surface area contributed by atoms with Crippen LogP contribution in [0, 0.1) is 0 Å². The van der Waals surface area contributed by atoms with E-state index in [0.717, 1.165) is 32.4 Å². The number of carbonyl (C=O) groups excluding carboxylic acids is 3. The van der Waals surface area contributed by atoms with Crippen LogP contribution in [0.5, 0.6) is 0 Å². The number of hydrogen-bond donors (Lipinski definition) is 2. The molecule has 0 aromatic carbocycles. The molecule has 1 aromatic heterocycles. The van der Waals surface area contributed by atoms with Crippen molar-refractivity contribution >= 4 is 29.1 Å². The minimum atomic E-state index is -0.566. The van der Waals surface area contributed by atoms with Gasteiger partial charge in [0.2, 0.25) is 11.8 Å². The van der Waals surface area contributed by atoms with Crippen molar-refractivity contribution in [2.75, 3.05) is 19.6 Å². The fourth-order valence-electron chi connectivity index (χ4n) is 2.40. The van der Waals surface area contributed by atoms with E-state index in [1.165, 1.54) is 11.3 Å². The standard InChI is InChI=1S/C15H21N3O3S/c1-11(15(21)18-7-3-2-4-8-18)17-13(19)10-16-14(20)12-6-5-9-22-12/h5-6,9,11H,2-4,7-8,10H2,1H3,(H,16,20)(H,17,19). The van der Waals surface area contributed by atoms with Gasteiger partial charge in [-0.15, -0.1) is 11.3 Å². The summed E-state index contributed by atoms with van der Waals surface area (Å²) in [5, 5.41) is 6.98. The van der Waals surface area contributed by atoms with E-state index in [0.29, 0.717) is 4.88 Å². The van der Waals surface area contributed by atoms with Crippen LogP contribution in [0.2, 0.25) is 0 Å². The topological polar surface area (TPSA) is 78.5 Å². The third-order valence-electron chi connectivity index (χ3n) is 3.57. The summed E-state index contributed by atoms with van der Waals surface area (Å²) < 4.78 is 0. The Morgan fingerprint density at radius 1 is 1.27 bits per heavy atom. The van der Waals surface area contributed by atoms with Gasteiger partial charge in [0.05, 0.1) is 11.4 Å². The van der Waals surface area contributed by atoms with Crippen LogP contribution < -0.4 is 10.6 Å². The minimum absolute atomic E-state index is 0.0577. The first-order valence-corrected chi connectivity index (χ1v) is 8.36. The average molecular weight is 323 g/mol. The van der Waals surface area contributed by atoms with Crippen LogP contribution in [0.1, 0.15) is 35.9 Å². The maximum Gasteiger partial charge on any atom is 0.261 e. The first-order valence-electron chi connectivity index (χ1n) is 7.48. The summed E-state index contributed by atoms with van der Waals surface area (Å²) in [6.45, 7) is 3.06. The molecule has 1 atom stereocenters. The van der Waals surface area contributed by atoms with Gasteiger partial charge in [0.15, 0.2) is 0 Å². The fourth-order valence-corrected chi connectivity index (χ4v) is 3.04. The zero-order valence-electron chi connectivity index (χ0n) is 12.6. The molecule has 0 aliphatic carbocycles. The van der Waals surface area contributed by atoms with E-state index in [1.807, 2.05) is 0 Å². The van der Waals surface area contributed by atoms with Crippen molar-refractivity contribution in [3.8, 4) is 0 Å². The molecule has 1 fully saturated rings. The smallest absolute Gasteiger partial charge is 0.261 e. The molecule has 1 aliphatic rings. The number of nitrogens with one attached hydrogen (secondary N) is 2. The Balaban J connectivity index is 1.73. The van der Waals surface area contributed by atoms with Crippen LogP contribution in [-0.2, 0) is 9.59 Å². The number of thiophene rings is 1. The third-order valence-corrected chi connectivity index (χ3v) is 4.44. The number of rotatable bonds is 5. The molecule has 2 N–H and O–H groups in total. The van der Waals surface area contributed by atoms with E-state index in [2.05, 4.69) is 10.6 Å². The monoisotopic (exact) mass is 323 g/mol. The Labute approximate surface area is 133 Å². The highest BCUT2D eigenvalue weighted by Crippen LogP contribution is 2.10. The second-order valence-electron chi connectivity index (χ2n) is 5.34.